The van der Waals surface area contributed by atoms with Gasteiger partial charge in [0, 0.05) is 144 Å². The van der Waals surface area contributed by atoms with Gasteiger partial charge in [0.25, 0.3) is 0 Å². The van der Waals surface area contributed by atoms with E-state index in [-0.39, 0.29) is 0 Å². The number of hydrogen-bond donors (Lipinski definition) is 0. The standard InChI is InChI=1S/C44H30N4.2C38H27N2OP/c1-3-13-31(14-4-1)45-30-29-36-37(45)27-28-43-44(36)35-17-7-8-18-38(35)46(43)33-23-25-34(26-24-33)48-41-21-11-9-19-39(41)47(32-15-5-2-6-16-32)40-20-10-12-22-42(40)48;41-42(30-16-6-2-7-17-30,31-18-8-3-9-19-31)32-20-12-15-29(27-32)40-36-22-11-10-21-33(36)38-34-25-26-39(28-13-4-1-5-14-28)35(34)23-24-37(38)40;41-42(30-14-6-2-7-15-30,31-16-8-3-9-17-31)32-22-20-29(21-23-32)40-36-19-11-10-18-33(36)38-34-26-27-39(28-12-4-1-5-13-28)35(34)24-25-37(38)40/h1-30H;2*1-27H. The summed E-state index contributed by atoms with van der Waals surface area (Å²) in [6.45, 7) is 0. The molecule has 0 amide bonds. The lowest BCUT2D eigenvalue weighted by Crippen LogP contribution is -2.25. The molecule has 0 radical (unpaired) electrons. The highest BCUT2D eigenvalue weighted by molar-refractivity contribution is 7.85. The van der Waals surface area contributed by atoms with E-state index in [2.05, 4.69) is 389 Å². The van der Waals surface area contributed by atoms with Crippen molar-refractivity contribution in [2.75, 3.05) is 9.80 Å². The fraction of sp³-hybridized carbons (Fsp3) is 0. The first-order valence-corrected chi connectivity index (χ1v) is 48.1. The van der Waals surface area contributed by atoms with E-state index in [1.54, 1.807) is 0 Å². The maximum atomic E-state index is 15.2. The number of nitrogens with zero attached hydrogens (tertiary/aromatic N) is 8. The van der Waals surface area contributed by atoms with Crippen LogP contribution in [-0.2, 0) is 9.13 Å². The lowest BCUT2D eigenvalue weighted by molar-refractivity contribution is 0.591. The minimum absolute atomic E-state index is 0.819. The van der Waals surface area contributed by atoms with Crippen LogP contribution >= 0.6 is 14.3 Å². The van der Waals surface area contributed by atoms with Crippen LogP contribution in [-0.4, -0.2) is 27.4 Å². The topological polar surface area (TPSA) is 70.2 Å². The van der Waals surface area contributed by atoms with Gasteiger partial charge in [-0.2, -0.15) is 0 Å². The first kappa shape index (κ1) is 78.7. The lowest BCUT2D eigenvalue weighted by Gasteiger charge is -2.40. The highest BCUT2D eigenvalue weighted by Crippen LogP contribution is 2.55. The van der Waals surface area contributed by atoms with Crippen LogP contribution in [0, 0.1) is 0 Å². The predicted molar refractivity (Wildman–Crippen MR) is 555 cm³/mol. The number of benzene rings is 19. The van der Waals surface area contributed by atoms with Gasteiger partial charge in [0.15, 0.2) is 14.3 Å². The third kappa shape index (κ3) is 13.1. The van der Waals surface area contributed by atoms with Crippen LogP contribution in [0.3, 0.4) is 0 Å². The highest BCUT2D eigenvalue weighted by atomic mass is 31.2. The van der Waals surface area contributed by atoms with Gasteiger partial charge in [0.05, 0.1) is 72.4 Å². The number of aromatic nitrogens is 6. The molecule has 25 aromatic rings. The number of para-hydroxylation sites is 11. The van der Waals surface area contributed by atoms with E-state index in [9.17, 15) is 4.57 Å². The van der Waals surface area contributed by atoms with Gasteiger partial charge in [0.2, 0.25) is 0 Å². The highest BCUT2D eigenvalue weighted by Gasteiger charge is 2.34. The van der Waals surface area contributed by atoms with Crippen molar-refractivity contribution in [1.29, 1.82) is 0 Å². The van der Waals surface area contributed by atoms with Gasteiger partial charge in [-0.05, 0) is 206 Å². The Hall–Kier alpha value is -16.7. The summed E-state index contributed by atoms with van der Waals surface area (Å²) in [4.78, 5) is 4.75. The molecule has 7 heterocycles. The Morgan fingerprint density at radius 2 is 0.379 bits per heavy atom. The average molecular weight is 1730 g/mol. The van der Waals surface area contributed by atoms with E-state index < -0.39 is 14.3 Å². The fourth-order valence-corrected chi connectivity index (χ4v) is 25.6. The van der Waals surface area contributed by atoms with Crippen molar-refractivity contribution < 1.29 is 9.13 Å². The molecule has 0 atom stereocenters. The van der Waals surface area contributed by atoms with Crippen molar-refractivity contribution in [2.45, 2.75) is 0 Å². The van der Waals surface area contributed by atoms with Crippen LogP contribution in [0.2, 0.25) is 0 Å². The summed E-state index contributed by atoms with van der Waals surface area (Å²) in [7, 11) is -6.15. The minimum atomic E-state index is -3.11. The Balaban J connectivity index is 0.000000110. The van der Waals surface area contributed by atoms with Crippen LogP contribution in [0.15, 0.2) is 510 Å². The van der Waals surface area contributed by atoms with Crippen molar-refractivity contribution >= 4 is 178 Å². The molecule has 0 N–H and O–H groups in total. The van der Waals surface area contributed by atoms with Gasteiger partial charge in [0.1, 0.15) is 0 Å². The van der Waals surface area contributed by atoms with Gasteiger partial charge in [-0.15, -0.1) is 0 Å². The van der Waals surface area contributed by atoms with E-state index in [0.717, 1.165) is 116 Å². The Morgan fingerprint density at radius 3 is 0.720 bits per heavy atom. The zero-order chi connectivity index (χ0) is 87.8. The van der Waals surface area contributed by atoms with Gasteiger partial charge in [-0.1, -0.05) is 285 Å². The molecular formula is C120H84N8O2P2. The Labute approximate surface area is 763 Å². The molecule has 626 valence electrons. The van der Waals surface area contributed by atoms with Crippen LogP contribution < -0.4 is 41.6 Å². The molecule has 0 aliphatic carbocycles. The van der Waals surface area contributed by atoms with Crippen molar-refractivity contribution in [3.8, 4) is 34.1 Å². The second-order valence-corrected chi connectivity index (χ2v) is 38.9. The zero-order valence-corrected chi connectivity index (χ0v) is 73.6. The van der Waals surface area contributed by atoms with E-state index >= 15 is 4.57 Å². The van der Waals surface area contributed by atoms with Crippen molar-refractivity contribution in [3.63, 3.8) is 0 Å². The van der Waals surface area contributed by atoms with Gasteiger partial charge in [-0.3, -0.25) is 0 Å². The zero-order valence-electron chi connectivity index (χ0n) is 71.8. The minimum Gasteiger partial charge on any atom is -0.317 e. The maximum Gasteiger partial charge on any atom is 0.171 e. The Bertz CT molecular complexity index is 8620. The number of rotatable bonds is 14. The van der Waals surface area contributed by atoms with Crippen molar-refractivity contribution in [1.82, 2.24) is 27.4 Å². The summed E-state index contributed by atoms with van der Waals surface area (Å²) in [6, 6.07) is 171. The third-order valence-electron chi connectivity index (χ3n) is 26.1. The third-order valence-corrected chi connectivity index (χ3v) is 32.3. The summed E-state index contributed by atoms with van der Waals surface area (Å²) in [5.41, 5.74) is 24.0. The van der Waals surface area contributed by atoms with E-state index in [0.29, 0.717) is 0 Å². The quantitative estimate of drug-likeness (QED) is 0.102. The van der Waals surface area contributed by atoms with Crippen molar-refractivity contribution in [2.24, 2.45) is 0 Å². The van der Waals surface area contributed by atoms with Crippen LogP contribution in [0.5, 0.6) is 0 Å². The fourth-order valence-electron chi connectivity index (χ4n) is 20.2. The molecule has 0 saturated heterocycles. The number of fused-ring (bicyclic) bond motifs is 17. The molecule has 6 aromatic heterocycles. The first-order chi connectivity index (χ1) is 65.3. The molecule has 10 nitrogen and oxygen atoms in total. The second kappa shape index (κ2) is 32.8. The molecule has 0 fully saturated rings. The number of hydrogen-bond acceptors (Lipinski definition) is 4. The monoisotopic (exact) mass is 1730 g/mol. The Morgan fingerprint density at radius 1 is 0.152 bits per heavy atom. The molecule has 12 heteroatoms. The molecule has 19 aromatic carbocycles. The SMILES string of the molecule is O=P(c1ccccc1)(c1ccccc1)c1ccc(-n2c3ccccc3c3c4ccn(-c5ccccc5)c4ccc32)cc1.O=P(c1ccccc1)(c1ccccc1)c1cccc(-n2c3ccccc3c3c4ccn(-c5ccccc5)c4ccc32)c1.c1ccc(N2c3ccccc3N(c3ccc(-n4c5ccccc5c5c6ccn(-c7ccccc7)c6ccc54)cc3)c3ccccc32)cc1. The summed E-state index contributed by atoms with van der Waals surface area (Å²) >= 11 is 0. The Kier molecular flexibility index (Phi) is 19.6. The molecule has 0 unspecified atom stereocenters. The van der Waals surface area contributed by atoms with Gasteiger partial charge < -0.3 is 46.3 Å². The molecule has 132 heavy (non-hydrogen) atoms. The molecule has 0 bridgehead atoms. The molecule has 1 aliphatic rings. The predicted octanol–water partition coefficient (Wildman–Crippen LogP) is 28.7. The molecule has 26 rings (SSSR count). The average Bonchev–Trinajstić information content (AvgIpc) is 1.52. The normalized spacial score (nSPS) is 12.1. The largest absolute Gasteiger partial charge is 0.317 e. The molecule has 0 spiro atoms. The smallest absolute Gasteiger partial charge is 0.171 e. The van der Waals surface area contributed by atoms with Gasteiger partial charge >= 0.3 is 0 Å². The van der Waals surface area contributed by atoms with Crippen LogP contribution in [0.25, 0.3) is 132 Å². The van der Waals surface area contributed by atoms with Crippen LogP contribution in [0.1, 0.15) is 0 Å². The molecule has 1 aliphatic heterocycles. The summed E-state index contributed by atoms with van der Waals surface area (Å²) in [5.74, 6) is 0. The first-order valence-electron chi connectivity index (χ1n) is 44.7. The van der Waals surface area contributed by atoms with Crippen molar-refractivity contribution in [3.05, 3.63) is 510 Å². The van der Waals surface area contributed by atoms with E-state index in [4.69, 9.17) is 0 Å². The van der Waals surface area contributed by atoms with E-state index in [1.807, 2.05) is 158 Å². The lowest BCUT2D eigenvalue weighted by atomic mass is 10.0. The number of anilines is 6. The van der Waals surface area contributed by atoms with Crippen LogP contribution in [0.4, 0.5) is 34.1 Å². The molecule has 0 saturated carbocycles. The van der Waals surface area contributed by atoms with Gasteiger partial charge in [-0.25, -0.2) is 0 Å². The second-order valence-electron chi connectivity index (χ2n) is 33.4. The summed E-state index contributed by atoms with van der Waals surface area (Å²) in [5, 5.41) is 16.1. The molecular weight excluding hydrogens is 1650 g/mol. The van der Waals surface area contributed by atoms with E-state index in [1.165, 1.54) is 81.7 Å². The summed E-state index contributed by atoms with van der Waals surface area (Å²) < 4.78 is 43.9. The summed E-state index contributed by atoms with van der Waals surface area (Å²) in [6.07, 6.45) is 6.50. The maximum absolute atomic E-state index is 15.2.